The number of carbonyl (C=O) groups excluding carboxylic acids is 1. The molecule has 1 amide bonds. The van der Waals surface area contributed by atoms with Crippen LogP contribution in [0.2, 0.25) is 0 Å². The van der Waals surface area contributed by atoms with Gasteiger partial charge in [0.25, 0.3) is 5.91 Å². The highest BCUT2D eigenvalue weighted by molar-refractivity contribution is 6.09. The number of hydrogen-bond acceptors (Lipinski definition) is 4. The number of benzene rings is 1. The number of aliphatic hydroxyl groups excluding tert-OH is 1. The zero-order chi connectivity index (χ0) is 21.7. The summed E-state index contributed by atoms with van der Waals surface area (Å²) >= 11 is 0. The molecule has 30 heavy (non-hydrogen) atoms. The van der Waals surface area contributed by atoms with E-state index in [2.05, 4.69) is 22.1 Å². The van der Waals surface area contributed by atoms with E-state index in [0.717, 1.165) is 5.56 Å². The van der Waals surface area contributed by atoms with Gasteiger partial charge in [0.15, 0.2) is 0 Å². The Balaban J connectivity index is 2.01. The molecule has 0 aliphatic carbocycles. The van der Waals surface area contributed by atoms with Crippen molar-refractivity contribution in [1.29, 1.82) is 0 Å². The van der Waals surface area contributed by atoms with Gasteiger partial charge in [0.2, 0.25) is 5.92 Å². The molecule has 3 rings (SSSR count). The molecule has 0 atom stereocenters. The number of halogens is 2. The van der Waals surface area contributed by atoms with E-state index in [-0.39, 0.29) is 31.9 Å². The Morgan fingerprint density at radius 2 is 2.10 bits per heavy atom. The van der Waals surface area contributed by atoms with Gasteiger partial charge in [-0.25, -0.2) is 13.8 Å². The zero-order valence-corrected chi connectivity index (χ0v) is 17.1. The van der Waals surface area contributed by atoms with Crippen LogP contribution in [-0.4, -0.2) is 41.6 Å². The molecule has 158 valence electrons. The molecule has 0 saturated carbocycles. The first kappa shape index (κ1) is 21.7. The monoisotopic (exact) mass is 413 g/mol. The van der Waals surface area contributed by atoms with Crippen LogP contribution in [0.3, 0.4) is 0 Å². The topological polar surface area (TPSA) is 65.5 Å². The number of nitrogens with zero attached hydrogens (tertiary/aromatic N) is 2. The average Bonchev–Trinajstić information content (AvgIpc) is 2.87. The number of aromatic nitrogens is 1. The van der Waals surface area contributed by atoms with E-state index in [9.17, 15) is 13.6 Å². The van der Waals surface area contributed by atoms with Gasteiger partial charge >= 0.3 is 0 Å². The molecule has 2 heterocycles. The van der Waals surface area contributed by atoms with Crippen LogP contribution < -0.4 is 10.2 Å². The van der Waals surface area contributed by atoms with Gasteiger partial charge in [-0.05, 0) is 43.5 Å². The van der Waals surface area contributed by atoms with Crippen molar-refractivity contribution in [2.24, 2.45) is 0 Å². The number of pyridine rings is 1. The first-order chi connectivity index (χ1) is 14.3. The fourth-order valence-corrected chi connectivity index (χ4v) is 3.55. The Bertz CT molecular complexity index is 996. The number of carbonyl (C=O) groups is 1. The summed E-state index contributed by atoms with van der Waals surface area (Å²) in [5.74, 6) is 2.68. The fraction of sp³-hybridized carbons (Fsp3) is 0.391. The molecular weight excluding hydrogens is 388 g/mol. The highest BCUT2D eigenvalue weighted by atomic mass is 19.3. The van der Waals surface area contributed by atoms with Crippen LogP contribution in [0.1, 0.15) is 46.3 Å². The van der Waals surface area contributed by atoms with Crippen LogP contribution in [0, 0.1) is 25.7 Å². The molecule has 0 spiro atoms. The standard InChI is InChI=1S/C23H25F2N3O2/c1-16-6-3-8-19(14-16)27-22(30)20-17(2)18(7-4-13-29)15-26-21(20)28-11-5-9-23(24,25)10-12-28/h3,6,8,14-15,29H,5,9-13H2,1-2H3,(H,27,30). The molecule has 0 unspecified atom stereocenters. The Morgan fingerprint density at radius 3 is 2.83 bits per heavy atom. The van der Waals surface area contributed by atoms with E-state index >= 15 is 0 Å². The van der Waals surface area contributed by atoms with Gasteiger partial charge in [-0.3, -0.25) is 4.79 Å². The molecule has 7 heteroatoms. The zero-order valence-electron chi connectivity index (χ0n) is 17.1. The number of nitrogens with one attached hydrogen (secondary N) is 1. The van der Waals surface area contributed by atoms with Gasteiger partial charge in [0, 0.05) is 43.4 Å². The fourth-order valence-electron chi connectivity index (χ4n) is 3.55. The van der Waals surface area contributed by atoms with Gasteiger partial charge in [-0.1, -0.05) is 24.0 Å². The average molecular weight is 413 g/mol. The largest absolute Gasteiger partial charge is 0.384 e. The van der Waals surface area contributed by atoms with Crippen molar-refractivity contribution in [3.63, 3.8) is 0 Å². The number of anilines is 2. The molecule has 1 aliphatic rings. The van der Waals surface area contributed by atoms with E-state index in [1.807, 2.05) is 25.1 Å². The van der Waals surface area contributed by atoms with Crippen molar-refractivity contribution < 1.29 is 18.7 Å². The molecule has 1 aromatic heterocycles. The number of aryl methyl sites for hydroxylation is 1. The second-order valence-electron chi connectivity index (χ2n) is 7.48. The lowest BCUT2D eigenvalue weighted by Gasteiger charge is -2.25. The van der Waals surface area contributed by atoms with Crippen LogP contribution in [0.5, 0.6) is 0 Å². The summed E-state index contributed by atoms with van der Waals surface area (Å²) in [5.41, 5.74) is 3.07. The third kappa shape index (κ3) is 5.14. The number of alkyl halides is 2. The lowest BCUT2D eigenvalue weighted by molar-refractivity contribution is -0.0102. The SMILES string of the molecule is Cc1cccc(NC(=O)c2c(N3CCCC(F)(F)CC3)ncc(C#CCO)c2C)c1. The van der Waals surface area contributed by atoms with E-state index in [4.69, 9.17) is 5.11 Å². The first-order valence-electron chi connectivity index (χ1n) is 9.91. The predicted molar refractivity (Wildman–Crippen MR) is 113 cm³/mol. The molecule has 1 aliphatic heterocycles. The van der Waals surface area contributed by atoms with Crippen molar-refractivity contribution in [3.8, 4) is 11.8 Å². The highest BCUT2D eigenvalue weighted by Gasteiger charge is 2.33. The maximum Gasteiger partial charge on any atom is 0.259 e. The summed E-state index contributed by atoms with van der Waals surface area (Å²) in [7, 11) is 0. The minimum absolute atomic E-state index is 0.117. The lowest BCUT2D eigenvalue weighted by atomic mass is 10.0. The van der Waals surface area contributed by atoms with Gasteiger partial charge in [-0.2, -0.15) is 0 Å². The molecule has 0 radical (unpaired) electrons. The summed E-state index contributed by atoms with van der Waals surface area (Å²) in [5, 5.41) is 11.9. The van der Waals surface area contributed by atoms with Crippen LogP contribution in [0.25, 0.3) is 0 Å². The van der Waals surface area contributed by atoms with E-state index in [1.165, 1.54) is 6.20 Å². The van der Waals surface area contributed by atoms with Gasteiger partial charge in [0.1, 0.15) is 12.4 Å². The molecular formula is C23H25F2N3O2. The Labute approximate surface area is 175 Å². The number of amides is 1. The summed E-state index contributed by atoms with van der Waals surface area (Å²) < 4.78 is 27.7. The molecule has 1 saturated heterocycles. The molecule has 5 nitrogen and oxygen atoms in total. The van der Waals surface area contributed by atoms with Crippen LogP contribution in [0.15, 0.2) is 30.5 Å². The second kappa shape index (κ2) is 9.23. The lowest BCUT2D eigenvalue weighted by Crippen LogP contribution is -2.30. The summed E-state index contributed by atoms with van der Waals surface area (Å²) in [6.45, 7) is 3.88. The van der Waals surface area contributed by atoms with E-state index < -0.39 is 5.92 Å². The van der Waals surface area contributed by atoms with Crippen molar-refractivity contribution in [1.82, 2.24) is 4.98 Å². The molecule has 1 fully saturated rings. The molecule has 2 aromatic rings. The van der Waals surface area contributed by atoms with Crippen LogP contribution in [-0.2, 0) is 0 Å². The van der Waals surface area contributed by atoms with Gasteiger partial charge in [0.05, 0.1) is 5.56 Å². The molecule has 1 aromatic carbocycles. The van der Waals surface area contributed by atoms with Gasteiger partial charge in [-0.15, -0.1) is 0 Å². The normalized spacial score (nSPS) is 15.7. The van der Waals surface area contributed by atoms with Crippen molar-refractivity contribution in [3.05, 3.63) is 52.7 Å². The minimum Gasteiger partial charge on any atom is -0.384 e. The number of hydrogen-bond donors (Lipinski definition) is 2. The van der Waals surface area contributed by atoms with Crippen molar-refractivity contribution >= 4 is 17.4 Å². The van der Waals surface area contributed by atoms with Gasteiger partial charge < -0.3 is 15.3 Å². The predicted octanol–water partition coefficient (Wildman–Crippen LogP) is 3.92. The number of rotatable bonds is 3. The minimum atomic E-state index is -2.71. The Kier molecular flexibility index (Phi) is 6.68. The highest BCUT2D eigenvalue weighted by Crippen LogP contribution is 2.32. The van der Waals surface area contributed by atoms with Crippen LogP contribution in [0.4, 0.5) is 20.3 Å². The van der Waals surface area contributed by atoms with E-state index in [1.54, 1.807) is 17.9 Å². The maximum atomic E-state index is 13.9. The third-order valence-electron chi connectivity index (χ3n) is 5.14. The third-order valence-corrected chi connectivity index (χ3v) is 5.14. The van der Waals surface area contributed by atoms with Crippen LogP contribution >= 0.6 is 0 Å². The Hall–Kier alpha value is -2.98. The molecule has 2 N–H and O–H groups in total. The summed E-state index contributed by atoms with van der Waals surface area (Å²) in [6, 6.07) is 7.41. The molecule has 0 bridgehead atoms. The van der Waals surface area contributed by atoms with Crippen molar-refractivity contribution in [2.45, 2.75) is 39.0 Å². The Morgan fingerprint density at radius 1 is 1.30 bits per heavy atom. The van der Waals surface area contributed by atoms with Crippen molar-refractivity contribution in [2.75, 3.05) is 29.9 Å². The number of aliphatic hydroxyl groups is 1. The first-order valence-corrected chi connectivity index (χ1v) is 9.91. The smallest absolute Gasteiger partial charge is 0.259 e. The second-order valence-corrected chi connectivity index (χ2v) is 7.48. The quantitative estimate of drug-likeness (QED) is 0.749. The maximum absolute atomic E-state index is 13.9. The summed E-state index contributed by atoms with van der Waals surface area (Å²) in [4.78, 5) is 19.4. The van der Waals surface area contributed by atoms with E-state index in [0.29, 0.717) is 41.2 Å². The summed E-state index contributed by atoms with van der Waals surface area (Å²) in [6.07, 6.45) is 1.39.